The van der Waals surface area contributed by atoms with E-state index in [1.807, 2.05) is 36.1 Å². The number of para-hydroxylation sites is 1. The van der Waals surface area contributed by atoms with Crippen molar-refractivity contribution in [3.63, 3.8) is 0 Å². The third-order valence-corrected chi connectivity index (χ3v) is 4.70. The number of nitrogens with zero attached hydrogens (tertiary/aromatic N) is 2. The molecule has 2 rings (SSSR count). The maximum Gasteiger partial charge on any atom is 0.403 e. The zero-order valence-corrected chi connectivity index (χ0v) is 14.2. The molecule has 0 aromatic heterocycles. The highest BCUT2D eigenvalue weighted by atomic mass is 19.4. The van der Waals surface area contributed by atoms with Crippen LogP contribution in [0, 0.1) is 6.92 Å². The first-order valence-electron chi connectivity index (χ1n) is 8.11. The van der Waals surface area contributed by atoms with Crippen LogP contribution in [0.3, 0.4) is 0 Å². The summed E-state index contributed by atoms with van der Waals surface area (Å²) < 4.78 is 38.3. The number of nitrogens with one attached hydrogen (secondary N) is 1. The molecule has 1 aromatic rings. The van der Waals surface area contributed by atoms with Crippen LogP contribution >= 0.6 is 0 Å². The minimum Gasteiger partial charge on any atom is -0.324 e. The summed E-state index contributed by atoms with van der Waals surface area (Å²) in [4.78, 5) is 15.7. The average molecular weight is 343 g/mol. The fourth-order valence-electron chi connectivity index (χ4n) is 2.84. The fourth-order valence-corrected chi connectivity index (χ4v) is 2.84. The third kappa shape index (κ3) is 4.48. The molecule has 1 amide bonds. The third-order valence-electron chi connectivity index (χ3n) is 4.70. The van der Waals surface area contributed by atoms with Gasteiger partial charge in [0, 0.05) is 31.9 Å². The Morgan fingerprint density at radius 1 is 1.08 bits per heavy atom. The van der Waals surface area contributed by atoms with Gasteiger partial charge in [-0.2, -0.15) is 13.2 Å². The van der Waals surface area contributed by atoms with E-state index in [1.54, 1.807) is 6.92 Å². The Bertz CT molecular complexity index is 568. The molecule has 0 spiro atoms. The van der Waals surface area contributed by atoms with Gasteiger partial charge in [0.25, 0.3) is 0 Å². The van der Waals surface area contributed by atoms with Crippen molar-refractivity contribution in [2.24, 2.45) is 0 Å². The maximum atomic E-state index is 12.8. The van der Waals surface area contributed by atoms with E-state index >= 15 is 0 Å². The summed E-state index contributed by atoms with van der Waals surface area (Å²) in [6, 6.07) is 5.67. The Morgan fingerprint density at radius 3 is 2.17 bits per heavy atom. The predicted molar refractivity (Wildman–Crippen MR) is 87.9 cm³/mol. The lowest BCUT2D eigenvalue weighted by Crippen LogP contribution is -2.56. The number of halogens is 3. The number of anilines is 1. The Balaban J connectivity index is 1.89. The first kappa shape index (κ1) is 18.7. The highest BCUT2D eigenvalue weighted by Gasteiger charge is 2.41. The lowest BCUT2D eigenvalue weighted by Gasteiger charge is -2.40. The first-order chi connectivity index (χ1) is 11.2. The number of amides is 1. The van der Waals surface area contributed by atoms with Gasteiger partial charge in [-0.05, 0) is 32.4 Å². The molecular weight excluding hydrogens is 319 g/mol. The highest BCUT2D eigenvalue weighted by Crippen LogP contribution is 2.25. The van der Waals surface area contributed by atoms with Crippen molar-refractivity contribution in [3.05, 3.63) is 29.8 Å². The van der Waals surface area contributed by atoms with Crippen molar-refractivity contribution >= 4 is 11.6 Å². The molecule has 0 radical (unpaired) electrons. The van der Waals surface area contributed by atoms with Crippen LogP contribution in [0.25, 0.3) is 0 Å². The first-order valence-corrected chi connectivity index (χ1v) is 8.11. The number of alkyl halides is 3. The van der Waals surface area contributed by atoms with Gasteiger partial charge in [-0.3, -0.25) is 14.6 Å². The van der Waals surface area contributed by atoms with Crippen LogP contribution in [-0.4, -0.2) is 60.1 Å². The van der Waals surface area contributed by atoms with Crippen LogP contribution < -0.4 is 5.32 Å². The fraction of sp³-hybridized carbons (Fsp3) is 0.588. The summed E-state index contributed by atoms with van der Waals surface area (Å²) in [6.45, 7) is 6.40. The van der Waals surface area contributed by atoms with Gasteiger partial charge in [-0.25, -0.2) is 0 Å². The van der Waals surface area contributed by atoms with Crippen molar-refractivity contribution in [2.75, 3.05) is 31.5 Å². The number of hydrogen-bond acceptors (Lipinski definition) is 3. The smallest absolute Gasteiger partial charge is 0.324 e. The van der Waals surface area contributed by atoms with Gasteiger partial charge >= 0.3 is 6.18 Å². The zero-order valence-electron chi connectivity index (χ0n) is 14.2. The molecule has 1 heterocycles. The van der Waals surface area contributed by atoms with Gasteiger partial charge < -0.3 is 5.32 Å². The molecule has 24 heavy (non-hydrogen) atoms. The second-order valence-corrected chi connectivity index (χ2v) is 6.27. The normalized spacial score (nSPS) is 19.8. The molecule has 0 bridgehead atoms. The number of piperazine rings is 1. The Kier molecular flexibility index (Phi) is 5.87. The summed E-state index contributed by atoms with van der Waals surface area (Å²) in [6.07, 6.45) is -4.21. The topological polar surface area (TPSA) is 35.6 Å². The number of carbonyl (C=O) groups is 1. The highest BCUT2D eigenvalue weighted by molar-refractivity contribution is 5.95. The van der Waals surface area contributed by atoms with Gasteiger partial charge in [-0.1, -0.05) is 18.2 Å². The standard InChI is InChI=1S/C17H24F3N3O/c1-12-6-4-5-7-15(12)21-16(24)13(2)22-8-10-23(11-9-22)14(3)17(18,19)20/h4-7,13-14H,8-11H2,1-3H3,(H,21,24)/t13-,14-/m1/s1. The van der Waals surface area contributed by atoms with E-state index < -0.39 is 12.2 Å². The zero-order chi connectivity index (χ0) is 17.9. The van der Waals surface area contributed by atoms with E-state index in [-0.39, 0.29) is 11.9 Å². The van der Waals surface area contributed by atoms with Gasteiger partial charge in [0.1, 0.15) is 6.04 Å². The van der Waals surface area contributed by atoms with Crippen LogP contribution in [0.2, 0.25) is 0 Å². The summed E-state index contributed by atoms with van der Waals surface area (Å²) >= 11 is 0. The maximum absolute atomic E-state index is 12.8. The van der Waals surface area contributed by atoms with Crippen molar-refractivity contribution < 1.29 is 18.0 Å². The van der Waals surface area contributed by atoms with Crippen molar-refractivity contribution in [2.45, 2.75) is 39.0 Å². The molecule has 1 aromatic carbocycles. The number of carbonyl (C=O) groups excluding carboxylic acids is 1. The molecular formula is C17H24F3N3O. The second-order valence-electron chi connectivity index (χ2n) is 6.27. The molecule has 2 atom stereocenters. The minimum absolute atomic E-state index is 0.137. The quantitative estimate of drug-likeness (QED) is 0.913. The van der Waals surface area contributed by atoms with Crippen LogP contribution in [0.4, 0.5) is 18.9 Å². The largest absolute Gasteiger partial charge is 0.403 e. The van der Waals surface area contributed by atoms with E-state index in [9.17, 15) is 18.0 Å². The molecule has 0 unspecified atom stereocenters. The van der Waals surface area contributed by atoms with Gasteiger partial charge in [0.2, 0.25) is 5.91 Å². The van der Waals surface area contributed by atoms with E-state index in [0.29, 0.717) is 26.2 Å². The summed E-state index contributed by atoms with van der Waals surface area (Å²) in [7, 11) is 0. The molecule has 1 fully saturated rings. The summed E-state index contributed by atoms with van der Waals surface area (Å²) in [5.74, 6) is -0.137. The summed E-state index contributed by atoms with van der Waals surface area (Å²) in [5, 5.41) is 2.89. The molecule has 1 aliphatic rings. The molecule has 7 heteroatoms. The van der Waals surface area contributed by atoms with Gasteiger partial charge in [-0.15, -0.1) is 0 Å². The number of rotatable bonds is 4. The van der Waals surface area contributed by atoms with Crippen LogP contribution in [0.5, 0.6) is 0 Å². The molecule has 1 aliphatic heterocycles. The molecule has 1 saturated heterocycles. The molecule has 0 aliphatic carbocycles. The van der Waals surface area contributed by atoms with Crippen molar-refractivity contribution in [1.29, 1.82) is 0 Å². The minimum atomic E-state index is -4.21. The van der Waals surface area contributed by atoms with E-state index in [2.05, 4.69) is 5.32 Å². The molecule has 134 valence electrons. The molecule has 0 saturated carbocycles. The SMILES string of the molecule is Cc1ccccc1NC(=O)[C@@H](C)N1CCN([C@H](C)C(F)(F)F)CC1. The number of benzene rings is 1. The summed E-state index contributed by atoms with van der Waals surface area (Å²) in [5.41, 5.74) is 1.74. The monoisotopic (exact) mass is 343 g/mol. The Hall–Kier alpha value is -1.60. The lowest BCUT2D eigenvalue weighted by atomic mass is 10.1. The number of aryl methyl sites for hydroxylation is 1. The lowest BCUT2D eigenvalue weighted by molar-refractivity contribution is -0.183. The van der Waals surface area contributed by atoms with Crippen molar-refractivity contribution in [3.8, 4) is 0 Å². The number of hydrogen-bond donors (Lipinski definition) is 1. The average Bonchev–Trinajstić information content (AvgIpc) is 2.55. The second kappa shape index (κ2) is 7.53. The van der Waals surface area contributed by atoms with Gasteiger partial charge in [0.05, 0.1) is 6.04 Å². The van der Waals surface area contributed by atoms with Crippen LogP contribution in [0.15, 0.2) is 24.3 Å². The van der Waals surface area contributed by atoms with E-state index in [4.69, 9.17) is 0 Å². The van der Waals surface area contributed by atoms with Crippen molar-refractivity contribution in [1.82, 2.24) is 9.80 Å². The van der Waals surface area contributed by atoms with E-state index in [0.717, 1.165) is 11.3 Å². The molecule has 1 N–H and O–H groups in total. The molecule has 4 nitrogen and oxygen atoms in total. The predicted octanol–water partition coefficient (Wildman–Crippen LogP) is 2.89. The van der Waals surface area contributed by atoms with E-state index in [1.165, 1.54) is 11.8 Å². The van der Waals surface area contributed by atoms with Crippen LogP contribution in [0.1, 0.15) is 19.4 Å². The Morgan fingerprint density at radius 2 is 1.62 bits per heavy atom. The Labute approximate surface area is 140 Å². The van der Waals surface area contributed by atoms with Gasteiger partial charge in [0.15, 0.2) is 0 Å². The van der Waals surface area contributed by atoms with Crippen LogP contribution in [-0.2, 0) is 4.79 Å².